The second-order valence-electron chi connectivity index (χ2n) is 4.17. The Balaban J connectivity index is 2.03. The second-order valence-corrected chi connectivity index (χ2v) is 4.17. The van der Waals surface area contributed by atoms with Crippen molar-refractivity contribution in [2.24, 2.45) is 5.73 Å². The lowest BCUT2D eigenvalue weighted by Gasteiger charge is -2.09. The number of aryl methyl sites for hydroxylation is 1. The highest BCUT2D eigenvalue weighted by atomic mass is 16.5. The van der Waals surface area contributed by atoms with E-state index >= 15 is 0 Å². The maximum absolute atomic E-state index is 5.68. The molecule has 5 heteroatoms. The van der Waals surface area contributed by atoms with Gasteiger partial charge in [-0.25, -0.2) is 0 Å². The van der Waals surface area contributed by atoms with Gasteiger partial charge in [0.2, 0.25) is 0 Å². The van der Waals surface area contributed by atoms with Crippen LogP contribution in [-0.2, 0) is 19.7 Å². The monoisotopic (exact) mass is 261 g/mol. The summed E-state index contributed by atoms with van der Waals surface area (Å²) in [6, 6.07) is 5.91. The summed E-state index contributed by atoms with van der Waals surface area (Å²) in [5, 5.41) is 4.16. The van der Waals surface area contributed by atoms with Gasteiger partial charge in [0.15, 0.2) is 5.75 Å². The summed E-state index contributed by atoms with van der Waals surface area (Å²) in [5.74, 6) is 1.57. The van der Waals surface area contributed by atoms with E-state index in [2.05, 4.69) is 5.10 Å². The van der Waals surface area contributed by atoms with Crippen molar-refractivity contribution in [3.05, 3.63) is 41.7 Å². The minimum absolute atomic E-state index is 0.466. The Kier molecular flexibility index (Phi) is 4.41. The van der Waals surface area contributed by atoms with E-state index in [4.69, 9.17) is 15.2 Å². The third-order valence-electron chi connectivity index (χ3n) is 2.91. The number of aromatic nitrogens is 2. The third-order valence-corrected chi connectivity index (χ3v) is 2.91. The van der Waals surface area contributed by atoms with E-state index in [-0.39, 0.29) is 0 Å². The lowest BCUT2D eigenvalue weighted by molar-refractivity contribution is 0.304. The second kappa shape index (κ2) is 6.24. The van der Waals surface area contributed by atoms with Crippen LogP contribution in [0.3, 0.4) is 0 Å². The topological polar surface area (TPSA) is 62.3 Å². The Labute approximate surface area is 112 Å². The Morgan fingerprint density at radius 2 is 2.21 bits per heavy atom. The molecule has 0 aliphatic rings. The standard InChI is InChI=1S/C14H19N3O2/c1-3-17-9-13(8-16-17)19-10-11-4-5-12(7-15)14(6-11)18-2/h4-6,8-9H,3,7,10,15H2,1-2H3. The molecule has 0 saturated carbocycles. The molecule has 0 spiro atoms. The van der Waals surface area contributed by atoms with Crippen LogP contribution in [0.1, 0.15) is 18.1 Å². The highest BCUT2D eigenvalue weighted by Gasteiger charge is 2.04. The average molecular weight is 261 g/mol. The fourth-order valence-electron chi connectivity index (χ4n) is 1.81. The fourth-order valence-corrected chi connectivity index (χ4v) is 1.81. The highest BCUT2D eigenvalue weighted by molar-refractivity contribution is 5.37. The van der Waals surface area contributed by atoms with E-state index < -0.39 is 0 Å². The molecule has 0 saturated heterocycles. The number of benzene rings is 1. The van der Waals surface area contributed by atoms with Crippen LogP contribution in [0.2, 0.25) is 0 Å². The van der Waals surface area contributed by atoms with E-state index in [0.29, 0.717) is 13.2 Å². The molecule has 0 amide bonds. The summed E-state index contributed by atoms with van der Waals surface area (Å²) >= 11 is 0. The molecule has 2 N–H and O–H groups in total. The number of nitrogens with zero attached hydrogens (tertiary/aromatic N) is 2. The van der Waals surface area contributed by atoms with Crippen molar-refractivity contribution in [2.45, 2.75) is 26.6 Å². The SMILES string of the molecule is CCn1cc(OCc2ccc(CN)c(OC)c2)cn1. The lowest BCUT2D eigenvalue weighted by atomic mass is 10.1. The molecule has 102 valence electrons. The zero-order valence-corrected chi connectivity index (χ0v) is 11.3. The molecule has 0 bridgehead atoms. The van der Waals surface area contributed by atoms with Crippen LogP contribution in [0.5, 0.6) is 11.5 Å². The van der Waals surface area contributed by atoms with Crippen molar-refractivity contribution >= 4 is 0 Å². The molecule has 0 unspecified atom stereocenters. The molecule has 2 rings (SSSR count). The minimum Gasteiger partial charge on any atom is -0.496 e. The van der Waals surface area contributed by atoms with Gasteiger partial charge in [0.05, 0.1) is 19.5 Å². The number of methoxy groups -OCH3 is 1. The molecule has 0 aliphatic carbocycles. The average Bonchev–Trinajstić information content (AvgIpc) is 2.92. The maximum atomic E-state index is 5.68. The highest BCUT2D eigenvalue weighted by Crippen LogP contribution is 2.21. The quantitative estimate of drug-likeness (QED) is 0.863. The molecule has 1 heterocycles. The molecule has 1 aromatic carbocycles. The number of hydrogen-bond acceptors (Lipinski definition) is 4. The molecule has 19 heavy (non-hydrogen) atoms. The molecule has 2 aromatic rings. The first kappa shape index (κ1) is 13.4. The first-order chi connectivity index (χ1) is 9.26. The number of hydrogen-bond donors (Lipinski definition) is 1. The van der Waals surface area contributed by atoms with Crippen molar-refractivity contribution in [3.63, 3.8) is 0 Å². The Bertz CT molecular complexity index is 537. The van der Waals surface area contributed by atoms with Crippen LogP contribution >= 0.6 is 0 Å². The van der Waals surface area contributed by atoms with Gasteiger partial charge >= 0.3 is 0 Å². The molecular weight excluding hydrogens is 242 g/mol. The summed E-state index contributed by atoms with van der Waals surface area (Å²) in [7, 11) is 1.64. The van der Waals surface area contributed by atoms with Gasteiger partial charge in [-0.05, 0) is 18.6 Å². The number of nitrogens with two attached hydrogens (primary N) is 1. The predicted octanol–water partition coefficient (Wildman–Crippen LogP) is 1.95. The smallest absolute Gasteiger partial charge is 0.157 e. The molecule has 1 aromatic heterocycles. The van der Waals surface area contributed by atoms with Crippen LogP contribution in [0.25, 0.3) is 0 Å². The minimum atomic E-state index is 0.466. The van der Waals surface area contributed by atoms with Gasteiger partial charge in [-0.1, -0.05) is 12.1 Å². The molecular formula is C14H19N3O2. The zero-order valence-electron chi connectivity index (χ0n) is 11.3. The molecule has 5 nitrogen and oxygen atoms in total. The Hall–Kier alpha value is -2.01. The summed E-state index contributed by atoms with van der Waals surface area (Å²) < 4.78 is 12.8. The molecule has 0 radical (unpaired) electrons. The van der Waals surface area contributed by atoms with Crippen molar-refractivity contribution < 1.29 is 9.47 Å². The van der Waals surface area contributed by atoms with Gasteiger partial charge in [0.1, 0.15) is 12.4 Å². The predicted molar refractivity (Wildman–Crippen MR) is 73.1 cm³/mol. The number of ether oxygens (including phenoxy) is 2. The third kappa shape index (κ3) is 3.26. The van der Waals surface area contributed by atoms with Gasteiger partial charge in [0, 0.05) is 18.7 Å². The van der Waals surface area contributed by atoms with Crippen LogP contribution in [0.4, 0.5) is 0 Å². The Morgan fingerprint density at radius 1 is 1.37 bits per heavy atom. The first-order valence-corrected chi connectivity index (χ1v) is 6.28. The molecule has 0 aliphatic heterocycles. The first-order valence-electron chi connectivity index (χ1n) is 6.28. The summed E-state index contributed by atoms with van der Waals surface area (Å²) in [4.78, 5) is 0. The van der Waals surface area contributed by atoms with Crippen molar-refractivity contribution in [1.29, 1.82) is 0 Å². The maximum Gasteiger partial charge on any atom is 0.157 e. The van der Waals surface area contributed by atoms with Crippen molar-refractivity contribution in [3.8, 4) is 11.5 Å². The van der Waals surface area contributed by atoms with E-state index in [0.717, 1.165) is 29.2 Å². The van der Waals surface area contributed by atoms with E-state index in [1.54, 1.807) is 13.3 Å². The van der Waals surface area contributed by atoms with Gasteiger partial charge in [-0.15, -0.1) is 0 Å². The summed E-state index contributed by atoms with van der Waals surface area (Å²) in [6.07, 6.45) is 3.60. The van der Waals surface area contributed by atoms with E-state index in [1.165, 1.54) is 0 Å². The van der Waals surface area contributed by atoms with Gasteiger partial charge in [0.25, 0.3) is 0 Å². The van der Waals surface area contributed by atoms with Crippen molar-refractivity contribution in [2.75, 3.05) is 7.11 Å². The lowest BCUT2D eigenvalue weighted by Crippen LogP contribution is -2.02. The number of rotatable bonds is 6. The van der Waals surface area contributed by atoms with Crippen molar-refractivity contribution in [1.82, 2.24) is 9.78 Å². The largest absolute Gasteiger partial charge is 0.496 e. The van der Waals surface area contributed by atoms with Crippen LogP contribution in [-0.4, -0.2) is 16.9 Å². The van der Waals surface area contributed by atoms with Crippen LogP contribution in [0.15, 0.2) is 30.6 Å². The van der Waals surface area contributed by atoms with Gasteiger partial charge in [-0.2, -0.15) is 5.10 Å². The fraction of sp³-hybridized carbons (Fsp3) is 0.357. The zero-order chi connectivity index (χ0) is 13.7. The van der Waals surface area contributed by atoms with Gasteiger partial charge < -0.3 is 15.2 Å². The van der Waals surface area contributed by atoms with Crippen LogP contribution in [0, 0.1) is 0 Å². The van der Waals surface area contributed by atoms with Crippen LogP contribution < -0.4 is 15.2 Å². The molecule has 0 atom stereocenters. The Morgan fingerprint density at radius 3 is 2.84 bits per heavy atom. The van der Waals surface area contributed by atoms with Gasteiger partial charge in [-0.3, -0.25) is 4.68 Å². The molecule has 0 fully saturated rings. The van der Waals surface area contributed by atoms with E-state index in [9.17, 15) is 0 Å². The summed E-state index contributed by atoms with van der Waals surface area (Å²) in [6.45, 7) is 3.82. The summed E-state index contributed by atoms with van der Waals surface area (Å²) in [5.41, 5.74) is 7.67. The normalized spacial score (nSPS) is 10.5. The van der Waals surface area contributed by atoms with E-state index in [1.807, 2.05) is 36.0 Å².